The van der Waals surface area contributed by atoms with Gasteiger partial charge < -0.3 is 10.2 Å². The van der Waals surface area contributed by atoms with E-state index in [9.17, 15) is 9.18 Å². The zero-order chi connectivity index (χ0) is 16.8. The van der Waals surface area contributed by atoms with Gasteiger partial charge in [-0.15, -0.1) is 0 Å². The zero-order valence-corrected chi connectivity index (χ0v) is 13.5. The lowest BCUT2D eigenvalue weighted by atomic mass is 10.1. The maximum Gasteiger partial charge on any atom is 0.272 e. The number of anilines is 1. The molecule has 0 unspecified atom stereocenters. The molecule has 1 aromatic heterocycles. The van der Waals surface area contributed by atoms with Gasteiger partial charge in [-0.05, 0) is 43.4 Å². The van der Waals surface area contributed by atoms with Crippen LogP contribution in [-0.2, 0) is 6.42 Å². The van der Waals surface area contributed by atoms with Crippen molar-refractivity contribution < 1.29 is 9.18 Å². The Morgan fingerprint density at radius 1 is 1.12 bits per heavy atom. The van der Waals surface area contributed by atoms with Gasteiger partial charge in [0.05, 0.1) is 0 Å². The van der Waals surface area contributed by atoms with Crippen LogP contribution in [0.25, 0.3) is 0 Å². The second-order valence-corrected chi connectivity index (χ2v) is 5.94. The number of aromatic nitrogens is 2. The van der Waals surface area contributed by atoms with E-state index in [-0.39, 0.29) is 11.7 Å². The van der Waals surface area contributed by atoms with Gasteiger partial charge in [-0.1, -0.05) is 12.1 Å². The molecule has 0 atom stereocenters. The van der Waals surface area contributed by atoms with E-state index in [0.717, 1.165) is 37.9 Å². The van der Waals surface area contributed by atoms with Crippen molar-refractivity contribution in [2.24, 2.45) is 0 Å². The smallest absolute Gasteiger partial charge is 0.272 e. The molecule has 0 spiro atoms. The molecule has 6 heteroatoms. The third-order valence-corrected chi connectivity index (χ3v) is 4.16. The molecule has 0 aliphatic carbocycles. The maximum absolute atomic E-state index is 12.9. The van der Waals surface area contributed by atoms with Crippen LogP contribution in [0.1, 0.15) is 35.3 Å². The van der Waals surface area contributed by atoms with Gasteiger partial charge in [-0.3, -0.25) is 4.79 Å². The minimum Gasteiger partial charge on any atom is -0.370 e. The highest BCUT2D eigenvalue weighted by atomic mass is 19.1. The lowest BCUT2D eigenvalue weighted by Crippen LogP contribution is -2.36. The molecule has 0 bridgehead atoms. The van der Waals surface area contributed by atoms with E-state index in [1.807, 2.05) is 4.90 Å². The Hall–Kier alpha value is -2.50. The minimum absolute atomic E-state index is 0.0290. The molecule has 3 rings (SSSR count). The van der Waals surface area contributed by atoms with Crippen LogP contribution in [-0.4, -0.2) is 40.4 Å². The summed E-state index contributed by atoms with van der Waals surface area (Å²) in [5.74, 6) is 0.370. The van der Waals surface area contributed by atoms with E-state index < -0.39 is 0 Å². The molecule has 1 aliphatic rings. The molecule has 2 heterocycles. The first-order valence-corrected chi connectivity index (χ1v) is 8.32. The van der Waals surface area contributed by atoms with Crippen LogP contribution in [0.4, 0.5) is 10.2 Å². The van der Waals surface area contributed by atoms with Crippen LogP contribution >= 0.6 is 0 Å². The predicted octanol–water partition coefficient (Wildman–Crippen LogP) is 2.90. The van der Waals surface area contributed by atoms with Gasteiger partial charge in [0.2, 0.25) is 0 Å². The first kappa shape index (κ1) is 16.4. The monoisotopic (exact) mass is 328 g/mol. The fourth-order valence-electron chi connectivity index (χ4n) is 2.82. The van der Waals surface area contributed by atoms with E-state index in [0.29, 0.717) is 18.1 Å². The van der Waals surface area contributed by atoms with Crippen LogP contribution in [0.5, 0.6) is 0 Å². The molecule has 2 aromatic rings. The van der Waals surface area contributed by atoms with E-state index in [4.69, 9.17) is 0 Å². The van der Waals surface area contributed by atoms with E-state index in [1.165, 1.54) is 24.9 Å². The molecule has 24 heavy (non-hydrogen) atoms. The van der Waals surface area contributed by atoms with Crippen LogP contribution in [0.15, 0.2) is 36.7 Å². The molecule has 0 saturated carbocycles. The molecular weight excluding hydrogens is 307 g/mol. The van der Waals surface area contributed by atoms with Gasteiger partial charge in [0.15, 0.2) is 0 Å². The summed E-state index contributed by atoms with van der Waals surface area (Å²) in [6, 6.07) is 8.14. The first-order chi connectivity index (χ1) is 11.7. The highest BCUT2D eigenvalue weighted by molar-refractivity contribution is 5.92. The molecule has 126 valence electrons. The number of hydrogen-bond acceptors (Lipinski definition) is 4. The molecule has 1 saturated heterocycles. The van der Waals surface area contributed by atoms with Crippen LogP contribution in [0.2, 0.25) is 0 Å². The quantitative estimate of drug-likeness (QED) is 0.917. The number of carbonyl (C=O) groups is 1. The van der Waals surface area contributed by atoms with Crippen molar-refractivity contribution in [2.45, 2.75) is 25.7 Å². The lowest BCUT2D eigenvalue weighted by Gasteiger charge is -2.26. The van der Waals surface area contributed by atoms with E-state index >= 15 is 0 Å². The van der Waals surface area contributed by atoms with Crippen molar-refractivity contribution in [2.75, 3.05) is 25.0 Å². The van der Waals surface area contributed by atoms with Gasteiger partial charge in [0, 0.05) is 25.7 Å². The number of amides is 1. The van der Waals surface area contributed by atoms with Crippen molar-refractivity contribution in [3.05, 3.63) is 53.7 Å². The number of hydrogen-bond donors (Lipinski definition) is 1. The lowest BCUT2D eigenvalue weighted by molar-refractivity contribution is 0.0718. The van der Waals surface area contributed by atoms with Crippen LogP contribution < -0.4 is 5.32 Å². The van der Waals surface area contributed by atoms with Gasteiger partial charge >= 0.3 is 0 Å². The number of nitrogens with zero attached hydrogens (tertiary/aromatic N) is 3. The van der Waals surface area contributed by atoms with Gasteiger partial charge in [0.25, 0.3) is 5.91 Å². The summed E-state index contributed by atoms with van der Waals surface area (Å²) in [5, 5.41) is 3.19. The third kappa shape index (κ3) is 4.28. The zero-order valence-electron chi connectivity index (χ0n) is 13.5. The molecular formula is C18H21FN4O. The number of rotatable bonds is 5. The molecule has 0 radical (unpaired) electrons. The summed E-state index contributed by atoms with van der Waals surface area (Å²) >= 11 is 0. The number of halogens is 1. The predicted molar refractivity (Wildman–Crippen MR) is 90.4 cm³/mol. The Morgan fingerprint density at radius 2 is 1.88 bits per heavy atom. The minimum atomic E-state index is -0.233. The Kier molecular flexibility index (Phi) is 5.36. The van der Waals surface area contributed by atoms with Gasteiger partial charge in [-0.2, -0.15) is 0 Å². The fraction of sp³-hybridized carbons (Fsp3) is 0.389. The van der Waals surface area contributed by atoms with Gasteiger partial charge in [-0.25, -0.2) is 14.4 Å². The summed E-state index contributed by atoms with van der Waals surface area (Å²) in [7, 11) is 0. The number of nitrogens with one attached hydrogen (secondary N) is 1. The van der Waals surface area contributed by atoms with E-state index in [2.05, 4.69) is 15.3 Å². The summed E-state index contributed by atoms with van der Waals surface area (Å²) < 4.78 is 12.9. The SMILES string of the molecule is O=C(c1cc(NCCc2ccc(F)cc2)ncn1)N1CCCCC1. The number of carbonyl (C=O) groups excluding carboxylic acids is 1. The number of likely N-dealkylation sites (tertiary alicyclic amines) is 1. The second kappa shape index (κ2) is 7.86. The molecule has 1 amide bonds. The summed E-state index contributed by atoms with van der Waals surface area (Å²) in [5.41, 5.74) is 1.47. The van der Waals surface area contributed by atoms with Crippen molar-refractivity contribution in [1.82, 2.24) is 14.9 Å². The average molecular weight is 328 g/mol. The van der Waals surface area contributed by atoms with E-state index in [1.54, 1.807) is 18.2 Å². The van der Waals surface area contributed by atoms with Crippen LogP contribution in [0, 0.1) is 5.82 Å². The topological polar surface area (TPSA) is 58.1 Å². The highest BCUT2D eigenvalue weighted by Crippen LogP contribution is 2.13. The van der Waals surface area contributed by atoms with Crippen molar-refractivity contribution in [3.63, 3.8) is 0 Å². The standard InChI is InChI=1S/C18H21FN4O/c19-15-6-4-14(5-7-15)8-9-20-17-12-16(21-13-22-17)18(24)23-10-2-1-3-11-23/h4-7,12-13H,1-3,8-11H2,(H,20,21,22). The van der Waals surface area contributed by atoms with Crippen molar-refractivity contribution in [1.29, 1.82) is 0 Å². The third-order valence-electron chi connectivity index (χ3n) is 4.16. The Balaban J connectivity index is 1.56. The molecule has 1 fully saturated rings. The van der Waals surface area contributed by atoms with Gasteiger partial charge in [0.1, 0.15) is 23.7 Å². The van der Waals surface area contributed by atoms with Crippen molar-refractivity contribution in [3.8, 4) is 0 Å². The molecule has 1 N–H and O–H groups in total. The Bertz CT molecular complexity index is 684. The molecule has 1 aliphatic heterocycles. The Morgan fingerprint density at radius 3 is 2.62 bits per heavy atom. The summed E-state index contributed by atoms with van der Waals surface area (Å²) in [6.07, 6.45) is 5.46. The number of piperidine rings is 1. The number of benzene rings is 1. The van der Waals surface area contributed by atoms with Crippen LogP contribution in [0.3, 0.4) is 0 Å². The summed E-state index contributed by atoms with van der Waals surface area (Å²) in [6.45, 7) is 2.26. The molecule has 1 aromatic carbocycles. The Labute approximate surface area is 140 Å². The normalized spacial score (nSPS) is 14.5. The fourth-order valence-corrected chi connectivity index (χ4v) is 2.82. The van der Waals surface area contributed by atoms with Crippen molar-refractivity contribution >= 4 is 11.7 Å². The molecule has 5 nitrogen and oxygen atoms in total. The second-order valence-electron chi connectivity index (χ2n) is 5.94. The largest absolute Gasteiger partial charge is 0.370 e. The average Bonchev–Trinajstić information content (AvgIpc) is 2.64. The maximum atomic E-state index is 12.9. The summed E-state index contributed by atoms with van der Waals surface area (Å²) in [4.78, 5) is 22.6. The first-order valence-electron chi connectivity index (χ1n) is 8.32. The highest BCUT2D eigenvalue weighted by Gasteiger charge is 2.19.